The van der Waals surface area contributed by atoms with Gasteiger partial charge in [-0.1, -0.05) is 41.9 Å². The van der Waals surface area contributed by atoms with Crippen LogP contribution in [-0.2, 0) is 20.7 Å². The predicted octanol–water partition coefficient (Wildman–Crippen LogP) is 2.98. The van der Waals surface area contributed by atoms with E-state index in [4.69, 9.17) is 25.8 Å². The van der Waals surface area contributed by atoms with E-state index in [-0.39, 0.29) is 19.3 Å². The zero-order chi connectivity index (χ0) is 19.1. The summed E-state index contributed by atoms with van der Waals surface area (Å²) in [5.74, 6) is 0.0395. The van der Waals surface area contributed by atoms with Gasteiger partial charge in [0.1, 0.15) is 0 Å². The summed E-state index contributed by atoms with van der Waals surface area (Å²) < 4.78 is 15.4. The maximum atomic E-state index is 11.8. The number of fused-ring (bicyclic) bond motifs is 1. The third kappa shape index (κ3) is 5.49. The first-order valence-electron chi connectivity index (χ1n) is 8.36. The smallest absolute Gasteiger partial charge is 0.331 e. The summed E-state index contributed by atoms with van der Waals surface area (Å²) in [5.41, 5.74) is 1.79. The molecule has 0 bridgehead atoms. The molecule has 0 unspecified atom stereocenters. The van der Waals surface area contributed by atoms with Gasteiger partial charge in [-0.05, 0) is 35.8 Å². The molecule has 0 aliphatic carbocycles. The van der Waals surface area contributed by atoms with Crippen molar-refractivity contribution in [2.45, 2.75) is 6.42 Å². The summed E-state index contributed by atoms with van der Waals surface area (Å²) in [7, 11) is 0. The number of amides is 1. The SMILES string of the molecule is O=C(COC(=O)/C=C/c1cc(Cl)c2c(c1)OCO2)NCCc1ccccc1. The van der Waals surface area contributed by atoms with E-state index in [9.17, 15) is 9.59 Å². The summed E-state index contributed by atoms with van der Waals surface area (Å²) in [6.45, 7) is 0.259. The lowest BCUT2D eigenvalue weighted by Gasteiger charge is -2.05. The van der Waals surface area contributed by atoms with Crippen molar-refractivity contribution in [3.8, 4) is 11.5 Å². The van der Waals surface area contributed by atoms with E-state index in [1.807, 2.05) is 30.3 Å². The molecule has 0 fully saturated rings. The lowest BCUT2D eigenvalue weighted by atomic mass is 10.1. The highest BCUT2D eigenvalue weighted by Gasteiger charge is 2.17. The summed E-state index contributed by atoms with van der Waals surface area (Å²) in [6, 6.07) is 13.1. The van der Waals surface area contributed by atoms with Gasteiger partial charge in [0.25, 0.3) is 5.91 Å². The highest BCUT2D eigenvalue weighted by atomic mass is 35.5. The molecule has 0 aromatic heterocycles. The number of halogens is 1. The van der Waals surface area contributed by atoms with Gasteiger partial charge in [-0.2, -0.15) is 0 Å². The van der Waals surface area contributed by atoms with Gasteiger partial charge < -0.3 is 19.5 Å². The average molecular weight is 388 g/mol. The van der Waals surface area contributed by atoms with Gasteiger partial charge in [-0.25, -0.2) is 4.79 Å². The van der Waals surface area contributed by atoms with E-state index < -0.39 is 5.97 Å². The monoisotopic (exact) mass is 387 g/mol. The first-order valence-corrected chi connectivity index (χ1v) is 8.74. The molecule has 1 amide bonds. The minimum Gasteiger partial charge on any atom is -0.454 e. The highest BCUT2D eigenvalue weighted by molar-refractivity contribution is 6.32. The molecule has 2 aromatic rings. The van der Waals surface area contributed by atoms with E-state index in [0.29, 0.717) is 35.1 Å². The summed E-state index contributed by atoms with van der Waals surface area (Å²) in [5, 5.41) is 3.11. The van der Waals surface area contributed by atoms with Gasteiger partial charge in [-0.15, -0.1) is 0 Å². The van der Waals surface area contributed by atoms with Crippen LogP contribution in [0.1, 0.15) is 11.1 Å². The van der Waals surface area contributed by atoms with Gasteiger partial charge in [0, 0.05) is 12.6 Å². The van der Waals surface area contributed by atoms with E-state index in [1.54, 1.807) is 12.1 Å². The normalized spacial score (nSPS) is 12.2. The van der Waals surface area contributed by atoms with Gasteiger partial charge in [0.2, 0.25) is 6.79 Å². The molecule has 0 atom stereocenters. The maximum Gasteiger partial charge on any atom is 0.331 e. The van der Waals surface area contributed by atoms with Crippen molar-refractivity contribution in [3.63, 3.8) is 0 Å². The van der Waals surface area contributed by atoms with E-state index in [2.05, 4.69) is 5.32 Å². The van der Waals surface area contributed by atoms with Crippen molar-refractivity contribution in [2.24, 2.45) is 0 Å². The molecule has 0 spiro atoms. The number of rotatable bonds is 7. The average Bonchev–Trinajstić information content (AvgIpc) is 3.15. The molecule has 7 heteroatoms. The number of benzene rings is 2. The lowest BCUT2D eigenvalue weighted by molar-refractivity contribution is -0.143. The molecular formula is C20H18ClNO5. The van der Waals surface area contributed by atoms with Crippen molar-refractivity contribution < 1.29 is 23.8 Å². The zero-order valence-corrected chi connectivity index (χ0v) is 15.2. The van der Waals surface area contributed by atoms with Gasteiger partial charge >= 0.3 is 5.97 Å². The van der Waals surface area contributed by atoms with Crippen LogP contribution in [-0.4, -0.2) is 31.8 Å². The summed E-state index contributed by atoms with van der Waals surface area (Å²) >= 11 is 6.08. The molecule has 1 aliphatic rings. The number of esters is 1. The molecule has 6 nitrogen and oxygen atoms in total. The second kappa shape index (κ2) is 9.09. The van der Waals surface area contributed by atoms with Gasteiger partial charge in [0.05, 0.1) is 5.02 Å². The molecule has 2 aromatic carbocycles. The van der Waals surface area contributed by atoms with E-state index >= 15 is 0 Å². The Kier molecular flexibility index (Phi) is 6.33. The van der Waals surface area contributed by atoms with Crippen LogP contribution < -0.4 is 14.8 Å². The van der Waals surface area contributed by atoms with Crippen molar-refractivity contribution in [2.75, 3.05) is 19.9 Å². The van der Waals surface area contributed by atoms with Gasteiger partial charge in [0.15, 0.2) is 18.1 Å². The number of nitrogens with one attached hydrogen (secondary N) is 1. The molecule has 0 radical (unpaired) electrons. The predicted molar refractivity (Wildman–Crippen MR) is 101 cm³/mol. The van der Waals surface area contributed by atoms with Gasteiger partial charge in [-0.3, -0.25) is 4.79 Å². The summed E-state index contributed by atoms with van der Waals surface area (Å²) in [4.78, 5) is 23.5. The molecular weight excluding hydrogens is 370 g/mol. The lowest BCUT2D eigenvalue weighted by Crippen LogP contribution is -2.30. The second-order valence-electron chi connectivity index (χ2n) is 5.76. The van der Waals surface area contributed by atoms with Crippen LogP contribution in [0.5, 0.6) is 11.5 Å². The molecule has 1 N–H and O–H groups in total. The first-order chi connectivity index (χ1) is 13.1. The topological polar surface area (TPSA) is 73.9 Å². The van der Waals surface area contributed by atoms with Crippen LogP contribution in [0, 0.1) is 0 Å². The molecule has 1 heterocycles. The molecule has 140 valence electrons. The molecule has 3 rings (SSSR count). The third-order valence-corrected chi connectivity index (χ3v) is 4.07. The number of hydrogen-bond acceptors (Lipinski definition) is 5. The minimum atomic E-state index is -0.623. The van der Waals surface area contributed by atoms with Crippen LogP contribution >= 0.6 is 11.6 Å². The Morgan fingerprint density at radius 3 is 2.81 bits per heavy atom. The van der Waals surface area contributed by atoms with Crippen LogP contribution in [0.25, 0.3) is 6.08 Å². The largest absolute Gasteiger partial charge is 0.454 e. The fraction of sp³-hybridized carbons (Fsp3) is 0.200. The van der Waals surface area contributed by atoms with Crippen LogP contribution in [0.4, 0.5) is 0 Å². The van der Waals surface area contributed by atoms with Crippen LogP contribution in [0.15, 0.2) is 48.5 Å². The van der Waals surface area contributed by atoms with Crippen molar-refractivity contribution in [1.82, 2.24) is 5.32 Å². The Morgan fingerprint density at radius 1 is 1.19 bits per heavy atom. The Bertz CT molecular complexity index is 851. The third-order valence-electron chi connectivity index (χ3n) is 3.79. The van der Waals surface area contributed by atoms with Crippen LogP contribution in [0.3, 0.4) is 0 Å². The number of hydrogen-bond donors (Lipinski definition) is 1. The quantitative estimate of drug-likeness (QED) is 0.584. The molecule has 0 saturated carbocycles. The fourth-order valence-corrected chi connectivity index (χ4v) is 2.75. The Hall–Kier alpha value is -2.99. The van der Waals surface area contributed by atoms with E-state index in [0.717, 1.165) is 5.56 Å². The van der Waals surface area contributed by atoms with Crippen molar-refractivity contribution >= 4 is 29.6 Å². The highest BCUT2D eigenvalue weighted by Crippen LogP contribution is 2.40. The first kappa shape index (κ1) is 18.8. The molecule has 1 aliphatic heterocycles. The Balaban J connectivity index is 1.41. The number of carbonyl (C=O) groups excluding carboxylic acids is 2. The summed E-state index contributed by atoms with van der Waals surface area (Å²) in [6.07, 6.45) is 3.47. The van der Waals surface area contributed by atoms with E-state index in [1.165, 1.54) is 12.2 Å². The Labute approximate surface area is 161 Å². The zero-order valence-electron chi connectivity index (χ0n) is 14.4. The van der Waals surface area contributed by atoms with Crippen molar-refractivity contribution in [1.29, 1.82) is 0 Å². The Morgan fingerprint density at radius 2 is 2.00 bits per heavy atom. The molecule has 0 saturated heterocycles. The second-order valence-corrected chi connectivity index (χ2v) is 6.17. The maximum absolute atomic E-state index is 11.8. The minimum absolute atomic E-state index is 0.115. The number of ether oxygens (including phenoxy) is 3. The fourth-order valence-electron chi connectivity index (χ4n) is 2.47. The van der Waals surface area contributed by atoms with Crippen LogP contribution in [0.2, 0.25) is 5.02 Å². The number of carbonyl (C=O) groups is 2. The van der Waals surface area contributed by atoms with Crippen molar-refractivity contribution in [3.05, 3.63) is 64.7 Å². The standard InChI is InChI=1S/C20H18ClNO5/c21-16-10-15(11-17-20(16)27-13-26-17)6-7-19(24)25-12-18(23)22-9-8-14-4-2-1-3-5-14/h1-7,10-11H,8-9,12-13H2,(H,22,23)/b7-6+. The molecule has 27 heavy (non-hydrogen) atoms.